The van der Waals surface area contributed by atoms with Crippen molar-refractivity contribution in [2.45, 2.75) is 19.4 Å². The van der Waals surface area contributed by atoms with E-state index in [4.69, 9.17) is 9.47 Å². The Labute approximate surface area is 209 Å². The van der Waals surface area contributed by atoms with Crippen LogP contribution in [0.2, 0.25) is 0 Å². The van der Waals surface area contributed by atoms with Gasteiger partial charge in [0, 0.05) is 31.3 Å². The third kappa shape index (κ3) is 6.04. The molecular weight excluding hydrogens is 463 g/mol. The van der Waals surface area contributed by atoms with Crippen molar-refractivity contribution in [2.24, 2.45) is 0 Å². The molecule has 0 aromatic heterocycles. The molecule has 8 nitrogen and oxygen atoms in total. The normalized spacial score (nSPS) is 12.7. The first-order valence-electron chi connectivity index (χ1n) is 11.7. The Morgan fingerprint density at radius 3 is 2.42 bits per heavy atom. The van der Waals surface area contributed by atoms with Crippen LogP contribution in [-0.4, -0.2) is 39.2 Å². The molecule has 1 saturated heterocycles. The fourth-order valence-corrected chi connectivity index (χ4v) is 4.12. The number of hydrogen-bond donors (Lipinski definition) is 3. The van der Waals surface area contributed by atoms with Gasteiger partial charge in [0.05, 0.1) is 31.3 Å². The Balaban J connectivity index is 1.52. The van der Waals surface area contributed by atoms with Crippen LogP contribution in [0.4, 0.5) is 26.2 Å². The number of nitrogens with zero attached hydrogens (tertiary/aromatic N) is 1. The number of carbonyl (C=O) groups is 2. The SMILES string of the molecule is COc1ccc(NC(=O)Nc2cc(C(=O)NCc3cccc(F)c3)ccc2N2CCCC2)c(OC)c1. The van der Waals surface area contributed by atoms with Gasteiger partial charge in [-0.1, -0.05) is 12.1 Å². The van der Waals surface area contributed by atoms with Crippen LogP contribution in [0.5, 0.6) is 11.5 Å². The molecule has 1 aliphatic heterocycles. The predicted molar refractivity (Wildman–Crippen MR) is 138 cm³/mol. The van der Waals surface area contributed by atoms with Gasteiger partial charge in [-0.25, -0.2) is 9.18 Å². The Kier molecular flexibility index (Phi) is 7.89. The largest absolute Gasteiger partial charge is 0.497 e. The van der Waals surface area contributed by atoms with Crippen LogP contribution in [0.3, 0.4) is 0 Å². The molecule has 4 rings (SSSR count). The summed E-state index contributed by atoms with van der Waals surface area (Å²) < 4.78 is 24.0. The second-order valence-electron chi connectivity index (χ2n) is 8.38. The zero-order chi connectivity index (χ0) is 25.5. The van der Waals surface area contributed by atoms with Crippen molar-refractivity contribution in [1.29, 1.82) is 0 Å². The summed E-state index contributed by atoms with van der Waals surface area (Å²) in [7, 11) is 3.06. The molecule has 0 bridgehead atoms. The molecule has 1 aliphatic rings. The third-order valence-corrected chi connectivity index (χ3v) is 5.95. The number of halogens is 1. The lowest BCUT2D eigenvalue weighted by Crippen LogP contribution is -2.26. The van der Waals surface area contributed by atoms with Gasteiger partial charge in [-0.15, -0.1) is 0 Å². The van der Waals surface area contributed by atoms with Crippen LogP contribution >= 0.6 is 0 Å². The van der Waals surface area contributed by atoms with Crippen molar-refractivity contribution >= 4 is 29.0 Å². The molecule has 1 heterocycles. The summed E-state index contributed by atoms with van der Waals surface area (Å²) in [5.74, 6) is 0.371. The lowest BCUT2D eigenvalue weighted by molar-refractivity contribution is 0.0951. The highest BCUT2D eigenvalue weighted by Gasteiger charge is 2.19. The van der Waals surface area contributed by atoms with Crippen molar-refractivity contribution in [1.82, 2.24) is 5.32 Å². The summed E-state index contributed by atoms with van der Waals surface area (Å²) in [6, 6.07) is 15.9. The van der Waals surface area contributed by atoms with Gasteiger partial charge in [-0.2, -0.15) is 0 Å². The summed E-state index contributed by atoms with van der Waals surface area (Å²) in [4.78, 5) is 27.9. The van der Waals surface area contributed by atoms with Gasteiger partial charge in [0.15, 0.2) is 0 Å². The number of amides is 3. The van der Waals surface area contributed by atoms with Crippen LogP contribution in [0.15, 0.2) is 60.7 Å². The number of urea groups is 1. The van der Waals surface area contributed by atoms with Crippen molar-refractivity contribution < 1.29 is 23.5 Å². The van der Waals surface area contributed by atoms with Crippen molar-refractivity contribution in [3.63, 3.8) is 0 Å². The first-order chi connectivity index (χ1) is 17.5. The van der Waals surface area contributed by atoms with Gasteiger partial charge in [0.25, 0.3) is 5.91 Å². The lowest BCUT2D eigenvalue weighted by atomic mass is 10.1. The molecule has 0 unspecified atom stereocenters. The first-order valence-corrected chi connectivity index (χ1v) is 11.7. The summed E-state index contributed by atoms with van der Waals surface area (Å²) in [5, 5.41) is 8.48. The van der Waals surface area contributed by atoms with Crippen LogP contribution in [0, 0.1) is 5.82 Å². The van der Waals surface area contributed by atoms with E-state index in [-0.39, 0.29) is 18.3 Å². The molecule has 0 saturated carbocycles. The molecule has 3 amide bonds. The van der Waals surface area contributed by atoms with E-state index in [1.165, 1.54) is 19.2 Å². The van der Waals surface area contributed by atoms with Crippen LogP contribution in [0.1, 0.15) is 28.8 Å². The molecule has 3 aromatic rings. The van der Waals surface area contributed by atoms with Crippen LogP contribution in [0.25, 0.3) is 0 Å². The standard InChI is InChI=1S/C27H29FN4O4/c1-35-21-9-10-22(25(16-21)36-2)30-27(34)31-23-15-19(8-11-24(23)32-12-3-4-13-32)26(33)29-17-18-6-5-7-20(28)14-18/h5-11,14-16H,3-4,12-13,17H2,1-2H3,(H,29,33)(H2,30,31,34). The van der Waals surface area contributed by atoms with E-state index >= 15 is 0 Å². The second-order valence-corrected chi connectivity index (χ2v) is 8.38. The Morgan fingerprint density at radius 2 is 1.69 bits per heavy atom. The van der Waals surface area contributed by atoms with Gasteiger partial charge in [-0.05, 0) is 60.9 Å². The lowest BCUT2D eigenvalue weighted by Gasteiger charge is -2.22. The third-order valence-electron chi connectivity index (χ3n) is 5.95. The van der Waals surface area contributed by atoms with Gasteiger partial charge >= 0.3 is 6.03 Å². The molecule has 0 aliphatic carbocycles. The average molecular weight is 493 g/mol. The molecule has 1 fully saturated rings. The molecule has 9 heteroatoms. The van der Waals surface area contributed by atoms with Crippen LogP contribution in [-0.2, 0) is 6.54 Å². The molecule has 36 heavy (non-hydrogen) atoms. The van der Waals surface area contributed by atoms with Crippen molar-refractivity contribution in [3.05, 3.63) is 77.6 Å². The highest BCUT2D eigenvalue weighted by molar-refractivity contribution is 6.04. The van der Waals surface area contributed by atoms with Gasteiger partial charge in [-0.3, -0.25) is 4.79 Å². The van der Waals surface area contributed by atoms with Gasteiger partial charge in [0.2, 0.25) is 0 Å². The minimum absolute atomic E-state index is 0.185. The molecular formula is C27H29FN4O4. The first kappa shape index (κ1) is 24.8. The van der Waals surface area contributed by atoms with E-state index in [1.54, 1.807) is 49.6 Å². The number of benzene rings is 3. The number of hydrogen-bond acceptors (Lipinski definition) is 5. The Hall–Kier alpha value is -4.27. The molecule has 3 N–H and O–H groups in total. The molecule has 0 spiro atoms. The topological polar surface area (TPSA) is 91.9 Å². The monoisotopic (exact) mass is 492 g/mol. The molecule has 0 atom stereocenters. The zero-order valence-corrected chi connectivity index (χ0v) is 20.3. The van der Waals surface area contributed by atoms with E-state index in [0.29, 0.717) is 34.0 Å². The maximum Gasteiger partial charge on any atom is 0.323 e. The number of nitrogens with one attached hydrogen (secondary N) is 3. The van der Waals surface area contributed by atoms with Gasteiger partial charge < -0.3 is 30.3 Å². The average Bonchev–Trinajstić information content (AvgIpc) is 3.42. The van der Waals surface area contributed by atoms with E-state index in [9.17, 15) is 14.0 Å². The van der Waals surface area contributed by atoms with Crippen molar-refractivity contribution in [2.75, 3.05) is 42.8 Å². The predicted octanol–water partition coefficient (Wildman–Crippen LogP) is 5.02. The number of ether oxygens (including phenoxy) is 2. The summed E-state index contributed by atoms with van der Waals surface area (Å²) in [5.41, 5.74) is 2.86. The Bertz CT molecular complexity index is 1240. The summed E-state index contributed by atoms with van der Waals surface area (Å²) in [6.45, 7) is 1.92. The fraction of sp³-hybridized carbons (Fsp3) is 0.259. The smallest absolute Gasteiger partial charge is 0.323 e. The molecule has 0 radical (unpaired) electrons. The number of carbonyl (C=O) groups excluding carboxylic acids is 2. The van der Waals surface area contributed by atoms with Gasteiger partial charge in [0.1, 0.15) is 17.3 Å². The zero-order valence-electron chi connectivity index (χ0n) is 20.3. The number of rotatable bonds is 8. The maximum atomic E-state index is 13.4. The Morgan fingerprint density at radius 1 is 0.917 bits per heavy atom. The highest BCUT2D eigenvalue weighted by atomic mass is 19.1. The van der Waals surface area contributed by atoms with E-state index in [1.807, 2.05) is 6.07 Å². The second kappa shape index (κ2) is 11.4. The molecule has 188 valence electrons. The van der Waals surface area contributed by atoms with Crippen LogP contribution < -0.4 is 30.3 Å². The fourth-order valence-electron chi connectivity index (χ4n) is 4.12. The number of methoxy groups -OCH3 is 2. The summed E-state index contributed by atoms with van der Waals surface area (Å²) in [6.07, 6.45) is 2.12. The maximum absolute atomic E-state index is 13.4. The number of anilines is 3. The summed E-state index contributed by atoms with van der Waals surface area (Å²) >= 11 is 0. The minimum atomic E-state index is -0.476. The van der Waals surface area contributed by atoms with E-state index < -0.39 is 6.03 Å². The van der Waals surface area contributed by atoms with E-state index in [2.05, 4.69) is 20.9 Å². The molecule has 3 aromatic carbocycles. The quantitative estimate of drug-likeness (QED) is 0.411. The van der Waals surface area contributed by atoms with Crippen molar-refractivity contribution in [3.8, 4) is 11.5 Å². The minimum Gasteiger partial charge on any atom is -0.497 e. The highest BCUT2D eigenvalue weighted by Crippen LogP contribution is 2.32. The van der Waals surface area contributed by atoms with E-state index in [0.717, 1.165) is 31.6 Å².